The Morgan fingerprint density at radius 3 is 2.50 bits per heavy atom. The molecule has 20 heavy (non-hydrogen) atoms. The van der Waals surface area contributed by atoms with E-state index in [0.29, 0.717) is 11.6 Å². The van der Waals surface area contributed by atoms with Crippen LogP contribution < -0.4 is 11.1 Å². The van der Waals surface area contributed by atoms with Gasteiger partial charge >= 0.3 is 0 Å². The molecular weight excluding hydrogens is 298 g/mol. The third kappa shape index (κ3) is 3.42. The molecule has 0 saturated heterocycles. The maximum Gasteiger partial charge on any atom is 0.142 e. The van der Waals surface area contributed by atoms with Crippen molar-refractivity contribution in [2.45, 2.75) is 13.0 Å². The summed E-state index contributed by atoms with van der Waals surface area (Å²) in [7, 11) is 0. The zero-order valence-corrected chi connectivity index (χ0v) is 12.5. The second-order valence-electron chi connectivity index (χ2n) is 4.57. The summed E-state index contributed by atoms with van der Waals surface area (Å²) in [6.45, 7) is 2.26. The molecule has 3 N–H and O–H groups in total. The lowest BCUT2D eigenvalue weighted by molar-refractivity contribution is 0.623. The molecule has 0 spiro atoms. The molecule has 0 heterocycles. The van der Waals surface area contributed by atoms with Gasteiger partial charge < -0.3 is 11.1 Å². The van der Waals surface area contributed by atoms with Gasteiger partial charge in [0.15, 0.2) is 0 Å². The molecule has 5 heteroatoms. The van der Waals surface area contributed by atoms with Gasteiger partial charge in [0.25, 0.3) is 0 Å². The van der Waals surface area contributed by atoms with Crippen LogP contribution in [0.25, 0.3) is 0 Å². The standard InChI is InChI=1S/C15H15Cl2FN2/c1-9-2-4-11(7-13(9)17)20-15(8-19)10-3-5-12(16)14(18)6-10/h2-7,15,20H,8,19H2,1H3. The number of aryl methyl sites for hydroxylation is 1. The van der Waals surface area contributed by atoms with Gasteiger partial charge in [-0.25, -0.2) is 4.39 Å². The molecule has 0 aliphatic heterocycles. The zero-order chi connectivity index (χ0) is 14.7. The Labute approximate surface area is 127 Å². The van der Waals surface area contributed by atoms with Crippen molar-refractivity contribution in [1.82, 2.24) is 0 Å². The van der Waals surface area contributed by atoms with Crippen LogP contribution in [0.15, 0.2) is 36.4 Å². The van der Waals surface area contributed by atoms with Crippen LogP contribution in [0.5, 0.6) is 0 Å². The predicted octanol–water partition coefficient (Wildman–Crippen LogP) is 4.55. The number of rotatable bonds is 4. The molecule has 0 amide bonds. The molecule has 2 aromatic carbocycles. The van der Waals surface area contributed by atoms with Crippen LogP contribution >= 0.6 is 23.2 Å². The second-order valence-corrected chi connectivity index (χ2v) is 5.38. The van der Waals surface area contributed by atoms with Gasteiger partial charge in [0, 0.05) is 17.3 Å². The van der Waals surface area contributed by atoms with Gasteiger partial charge in [-0.1, -0.05) is 35.3 Å². The summed E-state index contributed by atoms with van der Waals surface area (Å²) < 4.78 is 13.5. The Hall–Kier alpha value is -1.29. The monoisotopic (exact) mass is 312 g/mol. The summed E-state index contributed by atoms with van der Waals surface area (Å²) in [5.41, 5.74) is 8.34. The Bertz CT molecular complexity index is 617. The van der Waals surface area contributed by atoms with Crippen molar-refractivity contribution >= 4 is 28.9 Å². The van der Waals surface area contributed by atoms with Gasteiger partial charge in [0.2, 0.25) is 0 Å². The minimum atomic E-state index is -0.452. The number of halogens is 3. The van der Waals surface area contributed by atoms with E-state index >= 15 is 0 Å². The molecule has 2 aromatic rings. The number of benzene rings is 2. The van der Waals surface area contributed by atoms with Crippen molar-refractivity contribution < 1.29 is 4.39 Å². The molecule has 1 atom stereocenters. The summed E-state index contributed by atoms with van der Waals surface area (Å²) >= 11 is 11.8. The fourth-order valence-electron chi connectivity index (χ4n) is 1.89. The molecule has 0 aliphatic carbocycles. The van der Waals surface area contributed by atoms with Crippen LogP contribution in [0.3, 0.4) is 0 Å². The van der Waals surface area contributed by atoms with E-state index in [1.165, 1.54) is 12.1 Å². The van der Waals surface area contributed by atoms with Crippen LogP contribution in [0.4, 0.5) is 10.1 Å². The molecule has 0 aliphatic rings. The zero-order valence-electron chi connectivity index (χ0n) is 11.0. The van der Waals surface area contributed by atoms with E-state index in [1.54, 1.807) is 6.07 Å². The van der Waals surface area contributed by atoms with Crippen molar-refractivity contribution in [3.05, 3.63) is 63.4 Å². The molecule has 2 rings (SSSR count). The molecule has 2 nitrogen and oxygen atoms in total. The van der Waals surface area contributed by atoms with E-state index in [0.717, 1.165) is 16.8 Å². The first-order valence-electron chi connectivity index (χ1n) is 6.19. The highest BCUT2D eigenvalue weighted by molar-refractivity contribution is 6.31. The first-order valence-corrected chi connectivity index (χ1v) is 6.94. The SMILES string of the molecule is Cc1ccc(NC(CN)c2ccc(Cl)c(F)c2)cc1Cl. The van der Waals surface area contributed by atoms with Crippen LogP contribution in [-0.4, -0.2) is 6.54 Å². The lowest BCUT2D eigenvalue weighted by Gasteiger charge is -2.19. The largest absolute Gasteiger partial charge is 0.377 e. The van der Waals surface area contributed by atoms with E-state index in [-0.39, 0.29) is 11.1 Å². The fourth-order valence-corrected chi connectivity index (χ4v) is 2.19. The van der Waals surface area contributed by atoms with Crippen molar-refractivity contribution in [2.75, 3.05) is 11.9 Å². The maximum absolute atomic E-state index is 13.5. The third-order valence-electron chi connectivity index (χ3n) is 3.09. The molecule has 0 aromatic heterocycles. The van der Waals surface area contributed by atoms with Crippen molar-refractivity contribution in [2.24, 2.45) is 5.73 Å². The van der Waals surface area contributed by atoms with Crippen LogP contribution in [0, 0.1) is 12.7 Å². The molecule has 0 fully saturated rings. The third-order valence-corrected chi connectivity index (χ3v) is 3.81. The molecule has 106 valence electrons. The highest BCUT2D eigenvalue weighted by Gasteiger charge is 2.12. The maximum atomic E-state index is 13.5. The number of anilines is 1. The van der Waals surface area contributed by atoms with Crippen molar-refractivity contribution in [1.29, 1.82) is 0 Å². The first kappa shape index (κ1) is 15.1. The Kier molecular flexibility index (Phi) is 4.86. The summed E-state index contributed by atoms with van der Waals surface area (Å²) in [5, 5.41) is 4.01. The molecule has 0 saturated carbocycles. The van der Waals surface area contributed by atoms with Gasteiger partial charge in [-0.05, 0) is 42.3 Å². The van der Waals surface area contributed by atoms with E-state index in [9.17, 15) is 4.39 Å². The van der Waals surface area contributed by atoms with Gasteiger partial charge in [-0.15, -0.1) is 0 Å². The topological polar surface area (TPSA) is 38.0 Å². The minimum Gasteiger partial charge on any atom is -0.377 e. The van der Waals surface area contributed by atoms with Gasteiger partial charge in [-0.2, -0.15) is 0 Å². The first-order chi connectivity index (χ1) is 9.51. The fraction of sp³-hybridized carbons (Fsp3) is 0.200. The molecular formula is C15H15Cl2FN2. The van der Waals surface area contributed by atoms with Crippen molar-refractivity contribution in [3.8, 4) is 0 Å². The lowest BCUT2D eigenvalue weighted by atomic mass is 10.1. The predicted molar refractivity (Wildman–Crippen MR) is 83.0 cm³/mol. The van der Waals surface area contributed by atoms with E-state index in [1.807, 2.05) is 25.1 Å². The Balaban J connectivity index is 2.23. The highest BCUT2D eigenvalue weighted by atomic mass is 35.5. The number of hydrogen-bond acceptors (Lipinski definition) is 2. The highest BCUT2D eigenvalue weighted by Crippen LogP contribution is 2.25. The van der Waals surface area contributed by atoms with Crippen molar-refractivity contribution in [3.63, 3.8) is 0 Å². The summed E-state index contributed by atoms with van der Waals surface area (Å²) in [4.78, 5) is 0. The van der Waals surface area contributed by atoms with Crippen LogP contribution in [-0.2, 0) is 0 Å². The smallest absolute Gasteiger partial charge is 0.142 e. The van der Waals surface area contributed by atoms with Gasteiger partial charge in [0.05, 0.1) is 11.1 Å². The number of nitrogens with two attached hydrogens (primary N) is 1. The van der Waals surface area contributed by atoms with Gasteiger partial charge in [0.1, 0.15) is 5.82 Å². The average molecular weight is 313 g/mol. The molecule has 0 radical (unpaired) electrons. The molecule has 0 bridgehead atoms. The second kappa shape index (κ2) is 6.44. The lowest BCUT2D eigenvalue weighted by Crippen LogP contribution is -2.20. The number of hydrogen-bond donors (Lipinski definition) is 2. The molecule has 1 unspecified atom stereocenters. The Morgan fingerprint density at radius 1 is 1.15 bits per heavy atom. The minimum absolute atomic E-state index is 0.0999. The van der Waals surface area contributed by atoms with Crippen LogP contribution in [0.1, 0.15) is 17.2 Å². The normalized spacial score (nSPS) is 12.2. The summed E-state index contributed by atoms with van der Waals surface area (Å²) in [6, 6.07) is 10.1. The van der Waals surface area contributed by atoms with E-state index in [4.69, 9.17) is 28.9 Å². The van der Waals surface area contributed by atoms with Crippen LogP contribution in [0.2, 0.25) is 10.0 Å². The average Bonchev–Trinajstić information content (AvgIpc) is 2.43. The quantitative estimate of drug-likeness (QED) is 0.869. The van der Waals surface area contributed by atoms with E-state index in [2.05, 4.69) is 5.32 Å². The van der Waals surface area contributed by atoms with Gasteiger partial charge in [-0.3, -0.25) is 0 Å². The van der Waals surface area contributed by atoms with E-state index < -0.39 is 5.82 Å². The number of nitrogens with one attached hydrogen (secondary N) is 1. The Morgan fingerprint density at radius 2 is 1.90 bits per heavy atom. The summed E-state index contributed by atoms with van der Waals surface area (Å²) in [6.07, 6.45) is 0. The summed E-state index contributed by atoms with van der Waals surface area (Å²) in [5.74, 6) is -0.452.